The molecular weight excluding hydrogens is 444 g/mol. The molecule has 0 saturated heterocycles. The lowest BCUT2D eigenvalue weighted by molar-refractivity contribution is -0.132. The number of hydroxylamine groups is 1. The Hall–Kier alpha value is -4.01. The highest BCUT2D eigenvalue weighted by Gasteiger charge is 2.28. The summed E-state index contributed by atoms with van der Waals surface area (Å²) in [5.74, 6) is -1.69. The molecule has 0 aromatic heterocycles. The molecule has 0 spiro atoms. The molecule has 35 heavy (non-hydrogen) atoms. The predicted molar refractivity (Wildman–Crippen MR) is 134 cm³/mol. The van der Waals surface area contributed by atoms with Crippen molar-refractivity contribution >= 4 is 17.7 Å². The van der Waals surface area contributed by atoms with E-state index in [9.17, 15) is 14.4 Å². The van der Waals surface area contributed by atoms with E-state index in [2.05, 4.69) is 16.0 Å². The van der Waals surface area contributed by atoms with Crippen LogP contribution in [0.15, 0.2) is 84.9 Å². The molecule has 3 amide bonds. The van der Waals surface area contributed by atoms with E-state index in [0.29, 0.717) is 5.56 Å². The Morgan fingerprint density at radius 3 is 1.94 bits per heavy atom. The highest BCUT2D eigenvalue weighted by Crippen LogP contribution is 2.19. The highest BCUT2D eigenvalue weighted by atomic mass is 16.5. The summed E-state index contributed by atoms with van der Waals surface area (Å²) < 4.78 is 0. The van der Waals surface area contributed by atoms with Crippen LogP contribution in [0.3, 0.4) is 0 Å². The van der Waals surface area contributed by atoms with Crippen LogP contribution in [0, 0.1) is 0 Å². The molecule has 0 heterocycles. The summed E-state index contributed by atoms with van der Waals surface area (Å²) in [6.45, 7) is 3.54. The Labute approximate surface area is 204 Å². The summed E-state index contributed by atoms with van der Waals surface area (Å²) in [5.41, 5.74) is 4.91. The van der Waals surface area contributed by atoms with Crippen LogP contribution in [0.2, 0.25) is 0 Å². The van der Waals surface area contributed by atoms with E-state index in [1.807, 2.05) is 79.7 Å². The zero-order valence-corrected chi connectivity index (χ0v) is 19.7. The standard InChI is InChI=1S/C27H30N4O4/c1-18(20-9-5-3-6-10-20)28-17-24(32)29-19(2)25(27(34)31-35)30-26(33)23-15-13-22(14-16-23)21-11-7-4-8-12-21/h3-16,18-19,25,28,35H,17H2,1-2H3,(H,29,32)(H,30,33)(H,31,34)/t18-,19-,25+/m1/s1. The Kier molecular flexibility index (Phi) is 9.11. The van der Waals surface area contributed by atoms with Crippen LogP contribution >= 0.6 is 0 Å². The van der Waals surface area contributed by atoms with Crippen molar-refractivity contribution in [2.24, 2.45) is 0 Å². The fraction of sp³-hybridized carbons (Fsp3) is 0.222. The average Bonchev–Trinajstić information content (AvgIpc) is 2.90. The third kappa shape index (κ3) is 7.23. The minimum Gasteiger partial charge on any atom is -0.350 e. The number of hydrogen-bond donors (Lipinski definition) is 5. The summed E-state index contributed by atoms with van der Waals surface area (Å²) in [4.78, 5) is 37.5. The molecule has 8 heteroatoms. The van der Waals surface area contributed by atoms with E-state index in [1.54, 1.807) is 24.5 Å². The van der Waals surface area contributed by atoms with Crippen molar-refractivity contribution in [1.82, 2.24) is 21.4 Å². The first-order valence-electron chi connectivity index (χ1n) is 11.4. The van der Waals surface area contributed by atoms with Gasteiger partial charge in [0, 0.05) is 11.6 Å². The lowest BCUT2D eigenvalue weighted by Crippen LogP contribution is -2.58. The molecule has 0 fully saturated rings. The van der Waals surface area contributed by atoms with Gasteiger partial charge in [-0.1, -0.05) is 72.8 Å². The maximum Gasteiger partial charge on any atom is 0.268 e. The number of carbonyl (C=O) groups excluding carboxylic acids is 3. The van der Waals surface area contributed by atoms with E-state index < -0.39 is 23.9 Å². The normalized spacial score (nSPS) is 13.2. The largest absolute Gasteiger partial charge is 0.350 e. The summed E-state index contributed by atoms with van der Waals surface area (Å²) in [6.07, 6.45) is 0. The molecule has 3 aromatic carbocycles. The molecule has 0 aliphatic heterocycles. The van der Waals surface area contributed by atoms with Gasteiger partial charge in [-0.2, -0.15) is 0 Å². The number of amides is 3. The lowest BCUT2D eigenvalue weighted by Gasteiger charge is -2.25. The first-order valence-corrected chi connectivity index (χ1v) is 11.4. The van der Waals surface area contributed by atoms with Gasteiger partial charge in [0.05, 0.1) is 12.6 Å². The van der Waals surface area contributed by atoms with Gasteiger partial charge in [-0.3, -0.25) is 19.6 Å². The molecule has 182 valence electrons. The SMILES string of the molecule is C[C@@H](NCC(=O)N[C@H](C)[C@H](NC(=O)c1ccc(-c2ccccc2)cc1)C(=O)NO)c1ccccc1. The zero-order chi connectivity index (χ0) is 25.2. The maximum atomic E-state index is 12.8. The third-order valence-corrected chi connectivity index (χ3v) is 5.69. The van der Waals surface area contributed by atoms with Crippen LogP contribution in [-0.2, 0) is 9.59 Å². The number of nitrogens with one attached hydrogen (secondary N) is 4. The van der Waals surface area contributed by atoms with E-state index in [0.717, 1.165) is 16.7 Å². The monoisotopic (exact) mass is 474 g/mol. The molecule has 5 N–H and O–H groups in total. The van der Waals surface area contributed by atoms with Crippen molar-refractivity contribution in [1.29, 1.82) is 0 Å². The molecule has 3 rings (SSSR count). The number of benzene rings is 3. The second kappa shape index (κ2) is 12.5. The lowest BCUT2D eigenvalue weighted by atomic mass is 10.0. The Morgan fingerprint density at radius 2 is 1.34 bits per heavy atom. The van der Waals surface area contributed by atoms with Crippen molar-refractivity contribution in [3.8, 4) is 11.1 Å². The van der Waals surface area contributed by atoms with E-state index in [4.69, 9.17) is 5.21 Å². The molecule has 0 aliphatic rings. The van der Waals surface area contributed by atoms with Crippen molar-refractivity contribution in [2.45, 2.75) is 32.0 Å². The van der Waals surface area contributed by atoms with Gasteiger partial charge in [-0.05, 0) is 42.7 Å². The second-order valence-corrected chi connectivity index (χ2v) is 8.24. The minimum absolute atomic E-state index is 0.0166. The summed E-state index contributed by atoms with van der Waals surface area (Å²) in [7, 11) is 0. The average molecular weight is 475 g/mol. The van der Waals surface area contributed by atoms with Gasteiger partial charge in [0.25, 0.3) is 11.8 Å². The van der Waals surface area contributed by atoms with Gasteiger partial charge in [-0.25, -0.2) is 5.48 Å². The van der Waals surface area contributed by atoms with Gasteiger partial charge >= 0.3 is 0 Å². The van der Waals surface area contributed by atoms with Gasteiger partial charge in [0.1, 0.15) is 6.04 Å². The van der Waals surface area contributed by atoms with Crippen LogP contribution < -0.4 is 21.4 Å². The van der Waals surface area contributed by atoms with Crippen molar-refractivity contribution in [3.63, 3.8) is 0 Å². The number of rotatable bonds is 10. The molecular formula is C27H30N4O4. The Morgan fingerprint density at radius 1 is 0.771 bits per heavy atom. The van der Waals surface area contributed by atoms with Crippen LogP contribution in [0.5, 0.6) is 0 Å². The minimum atomic E-state index is -1.18. The topological polar surface area (TPSA) is 120 Å². The fourth-order valence-electron chi connectivity index (χ4n) is 3.65. The van der Waals surface area contributed by atoms with Gasteiger partial charge < -0.3 is 16.0 Å². The summed E-state index contributed by atoms with van der Waals surface area (Å²) in [6, 6.07) is 24.3. The first kappa shape index (κ1) is 25.6. The van der Waals surface area contributed by atoms with E-state index >= 15 is 0 Å². The van der Waals surface area contributed by atoms with E-state index in [-0.39, 0.29) is 18.5 Å². The van der Waals surface area contributed by atoms with E-state index in [1.165, 1.54) is 0 Å². The van der Waals surface area contributed by atoms with Crippen LogP contribution in [0.1, 0.15) is 35.8 Å². The zero-order valence-electron chi connectivity index (χ0n) is 19.7. The molecule has 0 unspecified atom stereocenters. The van der Waals surface area contributed by atoms with Gasteiger partial charge in [0.15, 0.2) is 0 Å². The Bertz CT molecular complexity index is 1120. The first-order chi connectivity index (χ1) is 16.9. The fourth-order valence-corrected chi connectivity index (χ4v) is 3.65. The molecule has 3 aromatic rings. The Balaban J connectivity index is 1.59. The smallest absolute Gasteiger partial charge is 0.268 e. The summed E-state index contributed by atoms with van der Waals surface area (Å²) >= 11 is 0. The van der Waals surface area contributed by atoms with Gasteiger partial charge in [0.2, 0.25) is 5.91 Å². The van der Waals surface area contributed by atoms with Crippen molar-refractivity contribution in [3.05, 3.63) is 96.1 Å². The molecule has 0 radical (unpaired) electrons. The molecule has 8 nitrogen and oxygen atoms in total. The second-order valence-electron chi connectivity index (χ2n) is 8.24. The van der Waals surface area contributed by atoms with Crippen LogP contribution in [0.25, 0.3) is 11.1 Å². The molecule has 0 aliphatic carbocycles. The predicted octanol–water partition coefficient (Wildman–Crippen LogP) is 2.81. The van der Waals surface area contributed by atoms with Crippen molar-refractivity contribution in [2.75, 3.05) is 6.54 Å². The molecule has 0 saturated carbocycles. The quantitative estimate of drug-likeness (QED) is 0.229. The van der Waals surface area contributed by atoms with Crippen molar-refractivity contribution < 1.29 is 19.6 Å². The van der Waals surface area contributed by atoms with Gasteiger partial charge in [-0.15, -0.1) is 0 Å². The van der Waals surface area contributed by atoms with Crippen LogP contribution in [0.4, 0.5) is 0 Å². The molecule has 3 atom stereocenters. The van der Waals surface area contributed by atoms with Crippen LogP contribution in [-0.4, -0.2) is 41.6 Å². The third-order valence-electron chi connectivity index (χ3n) is 5.69. The number of carbonyl (C=O) groups is 3. The summed E-state index contributed by atoms with van der Waals surface area (Å²) in [5, 5.41) is 17.6. The number of hydrogen-bond acceptors (Lipinski definition) is 5. The maximum absolute atomic E-state index is 12.8. The highest BCUT2D eigenvalue weighted by molar-refractivity contribution is 5.98. The molecule has 0 bridgehead atoms.